The third kappa shape index (κ3) is 3.38. The minimum Gasteiger partial charge on any atom is -0.497 e. The van der Waals surface area contributed by atoms with Crippen LogP contribution in [-0.4, -0.2) is 7.11 Å². The quantitative estimate of drug-likeness (QED) is 0.754. The van der Waals surface area contributed by atoms with Crippen molar-refractivity contribution in [2.75, 3.05) is 7.11 Å². The van der Waals surface area contributed by atoms with Gasteiger partial charge in [-0.3, -0.25) is 0 Å². The van der Waals surface area contributed by atoms with E-state index in [0.29, 0.717) is 12.8 Å². The first-order valence-corrected chi connectivity index (χ1v) is 7.52. The maximum Gasteiger partial charge on any atom is 0.154 e. The molecule has 0 amide bonds. The predicted octanol–water partition coefficient (Wildman–Crippen LogP) is 4.50. The lowest BCUT2D eigenvalue weighted by molar-refractivity contribution is 0.406. The highest BCUT2D eigenvalue weighted by Gasteiger charge is 2.39. The van der Waals surface area contributed by atoms with Crippen LogP contribution in [0, 0.1) is 28.1 Å². The molecule has 0 N–H and O–H groups in total. The van der Waals surface area contributed by atoms with Crippen molar-refractivity contribution >= 4 is 0 Å². The normalized spacial score (nSPS) is 23.5. The van der Waals surface area contributed by atoms with Crippen LogP contribution in [0.2, 0.25) is 0 Å². The van der Waals surface area contributed by atoms with Crippen LogP contribution in [0.4, 0.5) is 0 Å². The van der Waals surface area contributed by atoms with E-state index in [9.17, 15) is 10.5 Å². The number of hydrogen-bond donors (Lipinski definition) is 0. The third-order valence-corrected chi connectivity index (χ3v) is 4.16. The number of allylic oxidation sites excluding steroid dienone is 4. The Morgan fingerprint density at radius 2 is 1.64 bits per heavy atom. The summed E-state index contributed by atoms with van der Waals surface area (Å²) < 4.78 is 5.19. The molecule has 2 rings (SSSR count). The Morgan fingerprint density at radius 1 is 1.00 bits per heavy atom. The molecule has 0 heterocycles. The van der Waals surface area contributed by atoms with E-state index in [2.05, 4.69) is 30.4 Å². The fourth-order valence-electron chi connectivity index (χ4n) is 2.80. The molecule has 1 aromatic rings. The number of methoxy groups -OCH3 is 1. The fraction of sp³-hybridized carbons (Fsp3) is 0.368. The van der Waals surface area contributed by atoms with Gasteiger partial charge in [0.15, 0.2) is 5.41 Å². The lowest BCUT2D eigenvalue weighted by Gasteiger charge is -2.28. The molecule has 0 saturated carbocycles. The second-order valence-corrected chi connectivity index (χ2v) is 5.48. The topological polar surface area (TPSA) is 56.8 Å². The van der Waals surface area contributed by atoms with Crippen molar-refractivity contribution in [3.8, 4) is 17.9 Å². The largest absolute Gasteiger partial charge is 0.497 e. The van der Waals surface area contributed by atoms with E-state index in [4.69, 9.17) is 4.74 Å². The first-order chi connectivity index (χ1) is 10.8. The molecule has 0 saturated heterocycles. The number of nitrogens with zero attached hydrogens (tertiary/aromatic N) is 2. The summed E-state index contributed by atoms with van der Waals surface area (Å²) in [6.07, 6.45) is 11.4. The van der Waals surface area contributed by atoms with E-state index in [1.807, 2.05) is 30.3 Å². The van der Waals surface area contributed by atoms with E-state index >= 15 is 0 Å². The van der Waals surface area contributed by atoms with Crippen molar-refractivity contribution in [1.82, 2.24) is 0 Å². The van der Waals surface area contributed by atoms with Gasteiger partial charge in [0, 0.05) is 5.92 Å². The van der Waals surface area contributed by atoms with Crippen molar-refractivity contribution in [3.05, 3.63) is 54.1 Å². The lowest BCUT2D eigenvalue weighted by Crippen LogP contribution is -2.25. The van der Waals surface area contributed by atoms with Crippen molar-refractivity contribution in [3.63, 3.8) is 0 Å². The minimum absolute atomic E-state index is 0.146. The Hall–Kier alpha value is -2.52. The Balaban J connectivity index is 2.43. The summed E-state index contributed by atoms with van der Waals surface area (Å²) in [6.45, 7) is 0. The van der Waals surface area contributed by atoms with Crippen LogP contribution in [0.1, 0.15) is 37.2 Å². The molecule has 22 heavy (non-hydrogen) atoms. The van der Waals surface area contributed by atoms with Gasteiger partial charge in [-0.1, -0.05) is 36.4 Å². The summed E-state index contributed by atoms with van der Waals surface area (Å²) in [6, 6.07) is 12.2. The molecule has 0 aromatic heterocycles. The van der Waals surface area contributed by atoms with Gasteiger partial charge in [-0.05, 0) is 43.4 Å². The van der Waals surface area contributed by atoms with Crippen LogP contribution in [0.25, 0.3) is 0 Å². The molecule has 0 aliphatic heterocycles. The molecule has 112 valence electrons. The first kappa shape index (κ1) is 15.9. The number of benzene rings is 1. The van der Waals surface area contributed by atoms with Crippen LogP contribution in [0.5, 0.6) is 5.75 Å². The third-order valence-electron chi connectivity index (χ3n) is 4.16. The molecule has 1 atom stereocenters. The molecule has 0 radical (unpaired) electrons. The molecule has 1 unspecified atom stereocenters. The minimum atomic E-state index is -1.03. The summed E-state index contributed by atoms with van der Waals surface area (Å²) in [5.74, 6) is 0.631. The predicted molar refractivity (Wildman–Crippen MR) is 86.1 cm³/mol. The number of hydrogen-bond acceptors (Lipinski definition) is 3. The number of rotatable bonds is 2. The zero-order valence-electron chi connectivity index (χ0n) is 12.8. The van der Waals surface area contributed by atoms with Crippen molar-refractivity contribution in [2.24, 2.45) is 5.41 Å². The molecule has 0 spiro atoms. The highest BCUT2D eigenvalue weighted by molar-refractivity contribution is 5.36. The van der Waals surface area contributed by atoms with Crippen LogP contribution in [0.3, 0.4) is 0 Å². The highest BCUT2D eigenvalue weighted by atomic mass is 16.5. The van der Waals surface area contributed by atoms with Gasteiger partial charge in [-0.25, -0.2) is 0 Å². The van der Waals surface area contributed by atoms with Gasteiger partial charge in [-0.15, -0.1) is 0 Å². The zero-order valence-corrected chi connectivity index (χ0v) is 12.8. The summed E-state index contributed by atoms with van der Waals surface area (Å²) in [5, 5.41) is 19.4. The Labute approximate surface area is 132 Å². The van der Waals surface area contributed by atoms with E-state index in [0.717, 1.165) is 24.2 Å². The van der Waals surface area contributed by atoms with Crippen LogP contribution < -0.4 is 4.74 Å². The molecule has 0 fully saturated rings. The fourth-order valence-corrected chi connectivity index (χ4v) is 2.80. The first-order valence-electron chi connectivity index (χ1n) is 7.52. The summed E-state index contributed by atoms with van der Waals surface area (Å²) in [4.78, 5) is 0. The molecule has 1 aliphatic rings. The molecular formula is C19H20N2O. The average molecular weight is 292 g/mol. The van der Waals surface area contributed by atoms with Gasteiger partial charge in [0.05, 0.1) is 19.2 Å². The van der Waals surface area contributed by atoms with E-state index in [-0.39, 0.29) is 5.92 Å². The molecule has 1 aromatic carbocycles. The lowest BCUT2D eigenvalue weighted by atomic mass is 9.70. The van der Waals surface area contributed by atoms with Gasteiger partial charge in [0.25, 0.3) is 0 Å². The van der Waals surface area contributed by atoms with Gasteiger partial charge in [0.1, 0.15) is 5.75 Å². The molecule has 3 heteroatoms. The molecule has 3 nitrogen and oxygen atoms in total. The SMILES string of the molecule is COc1ccc(C2C/C=C/CC/C=C/CC2(C#N)C#N)cc1. The van der Waals surface area contributed by atoms with Gasteiger partial charge in [-0.2, -0.15) is 10.5 Å². The monoisotopic (exact) mass is 292 g/mol. The van der Waals surface area contributed by atoms with Gasteiger partial charge >= 0.3 is 0 Å². The maximum absolute atomic E-state index is 9.70. The van der Waals surface area contributed by atoms with Gasteiger partial charge in [0.2, 0.25) is 0 Å². The number of nitriles is 2. The van der Waals surface area contributed by atoms with E-state index in [1.54, 1.807) is 7.11 Å². The van der Waals surface area contributed by atoms with E-state index in [1.165, 1.54) is 0 Å². The number of ether oxygens (including phenoxy) is 1. The zero-order chi connectivity index (χ0) is 15.8. The summed E-state index contributed by atoms with van der Waals surface area (Å²) in [7, 11) is 1.63. The van der Waals surface area contributed by atoms with E-state index < -0.39 is 5.41 Å². The Morgan fingerprint density at radius 3 is 2.23 bits per heavy atom. The van der Waals surface area contributed by atoms with Gasteiger partial charge < -0.3 is 4.74 Å². The summed E-state index contributed by atoms with van der Waals surface area (Å²) in [5.41, 5.74) is -0.0326. The Kier molecular flexibility index (Phi) is 5.39. The van der Waals surface area contributed by atoms with Crippen molar-refractivity contribution in [1.29, 1.82) is 10.5 Å². The summed E-state index contributed by atoms with van der Waals surface area (Å²) >= 11 is 0. The standard InChI is InChI=1S/C19H20N2O/c1-22-17-11-9-16(10-12-17)18-8-6-4-2-3-5-7-13-19(18,14-20)15-21/h4-7,9-12,18H,2-3,8,13H2,1H3/b6-4+,7-5+. The van der Waals surface area contributed by atoms with Crippen LogP contribution in [-0.2, 0) is 0 Å². The molecule has 1 aliphatic carbocycles. The Bertz CT molecular complexity index is 615. The smallest absolute Gasteiger partial charge is 0.154 e. The van der Waals surface area contributed by atoms with Crippen LogP contribution in [0.15, 0.2) is 48.6 Å². The second-order valence-electron chi connectivity index (χ2n) is 5.48. The second kappa shape index (κ2) is 7.48. The van der Waals surface area contributed by atoms with Crippen LogP contribution >= 0.6 is 0 Å². The maximum atomic E-state index is 9.70. The average Bonchev–Trinajstić information content (AvgIpc) is 2.59. The van der Waals surface area contributed by atoms with Crippen molar-refractivity contribution < 1.29 is 4.74 Å². The highest BCUT2D eigenvalue weighted by Crippen LogP contribution is 2.42. The molecule has 0 bridgehead atoms. The molecular weight excluding hydrogens is 272 g/mol. The van der Waals surface area contributed by atoms with Crippen molar-refractivity contribution in [2.45, 2.75) is 31.6 Å².